The van der Waals surface area contributed by atoms with Crippen molar-refractivity contribution in [2.75, 3.05) is 5.32 Å². The van der Waals surface area contributed by atoms with E-state index in [1.54, 1.807) is 0 Å². The van der Waals surface area contributed by atoms with E-state index in [-0.39, 0.29) is 0 Å². The predicted molar refractivity (Wildman–Crippen MR) is 71.7 cm³/mol. The molecule has 1 heterocycles. The molecule has 3 heteroatoms. The van der Waals surface area contributed by atoms with Gasteiger partial charge in [-0.05, 0) is 53.2 Å². The van der Waals surface area contributed by atoms with Gasteiger partial charge >= 0.3 is 0 Å². The van der Waals surface area contributed by atoms with Crippen LogP contribution in [0.5, 0.6) is 0 Å². The van der Waals surface area contributed by atoms with E-state index < -0.39 is 0 Å². The summed E-state index contributed by atoms with van der Waals surface area (Å²) in [5, 5.41) is 3.62. The third kappa shape index (κ3) is 2.76. The van der Waals surface area contributed by atoms with Gasteiger partial charge in [0, 0.05) is 6.04 Å². The molecule has 0 spiro atoms. The van der Waals surface area contributed by atoms with Crippen LogP contribution < -0.4 is 5.32 Å². The predicted octanol–water partition coefficient (Wildman–Crippen LogP) is 4.14. The van der Waals surface area contributed by atoms with Gasteiger partial charge < -0.3 is 5.32 Å². The van der Waals surface area contributed by atoms with E-state index in [4.69, 9.17) is 0 Å². The van der Waals surface area contributed by atoms with Crippen LogP contribution in [0.1, 0.15) is 38.2 Å². The average molecular weight is 283 g/mol. The lowest BCUT2D eigenvalue weighted by molar-refractivity contribution is 0.349. The number of anilines is 1. The van der Waals surface area contributed by atoms with E-state index in [1.165, 1.54) is 31.2 Å². The standard InChI is InChI=1S/C13H19BrN2/c1-9-5-3-4-6-12(9)16-11-7-10(2)13(14)15-8-11/h7-9,12,16H,3-6H2,1-2H3. The Kier molecular flexibility index (Phi) is 3.85. The quantitative estimate of drug-likeness (QED) is 0.825. The van der Waals surface area contributed by atoms with Crippen molar-refractivity contribution in [3.63, 3.8) is 0 Å². The topological polar surface area (TPSA) is 24.9 Å². The Morgan fingerprint density at radius 3 is 2.81 bits per heavy atom. The fourth-order valence-corrected chi connectivity index (χ4v) is 2.60. The Morgan fingerprint density at radius 1 is 1.38 bits per heavy atom. The van der Waals surface area contributed by atoms with Gasteiger partial charge in [-0.3, -0.25) is 0 Å². The van der Waals surface area contributed by atoms with E-state index in [1.807, 2.05) is 6.20 Å². The maximum Gasteiger partial charge on any atom is 0.109 e. The van der Waals surface area contributed by atoms with Crippen LogP contribution in [0.3, 0.4) is 0 Å². The molecule has 2 atom stereocenters. The number of hydrogen-bond acceptors (Lipinski definition) is 2. The Bertz CT molecular complexity index is 365. The molecule has 1 saturated carbocycles. The average Bonchev–Trinajstić information content (AvgIpc) is 2.27. The summed E-state index contributed by atoms with van der Waals surface area (Å²) in [7, 11) is 0. The molecule has 1 aromatic rings. The second-order valence-electron chi connectivity index (χ2n) is 4.84. The molecule has 1 aromatic heterocycles. The Hall–Kier alpha value is -0.570. The number of pyridine rings is 1. The van der Waals surface area contributed by atoms with Gasteiger partial charge in [0.15, 0.2) is 0 Å². The fraction of sp³-hybridized carbons (Fsp3) is 0.615. The molecule has 0 aromatic carbocycles. The summed E-state index contributed by atoms with van der Waals surface area (Å²) >= 11 is 3.43. The highest BCUT2D eigenvalue weighted by Gasteiger charge is 2.20. The second kappa shape index (κ2) is 5.17. The summed E-state index contributed by atoms with van der Waals surface area (Å²) in [5.74, 6) is 0.776. The zero-order chi connectivity index (χ0) is 11.5. The highest BCUT2D eigenvalue weighted by atomic mass is 79.9. The monoisotopic (exact) mass is 282 g/mol. The molecule has 0 radical (unpaired) electrons. The summed E-state index contributed by atoms with van der Waals surface area (Å²) in [6.07, 6.45) is 7.29. The van der Waals surface area contributed by atoms with Gasteiger partial charge in [-0.15, -0.1) is 0 Å². The zero-order valence-electron chi connectivity index (χ0n) is 9.96. The molecule has 1 N–H and O–H groups in total. The molecule has 0 bridgehead atoms. The van der Waals surface area contributed by atoms with Crippen LogP contribution in [-0.2, 0) is 0 Å². The molecular formula is C13H19BrN2. The minimum atomic E-state index is 0.621. The Morgan fingerprint density at radius 2 is 2.12 bits per heavy atom. The van der Waals surface area contributed by atoms with Crippen LogP contribution in [0.15, 0.2) is 16.9 Å². The lowest BCUT2D eigenvalue weighted by Gasteiger charge is -2.30. The lowest BCUT2D eigenvalue weighted by Crippen LogP contribution is -2.30. The summed E-state index contributed by atoms with van der Waals surface area (Å²) in [4.78, 5) is 4.32. The van der Waals surface area contributed by atoms with Gasteiger partial charge in [-0.1, -0.05) is 19.8 Å². The van der Waals surface area contributed by atoms with Gasteiger partial charge in [0.25, 0.3) is 0 Å². The molecule has 2 nitrogen and oxygen atoms in total. The molecule has 1 fully saturated rings. The molecule has 16 heavy (non-hydrogen) atoms. The number of aryl methyl sites for hydroxylation is 1. The maximum atomic E-state index is 4.32. The number of rotatable bonds is 2. The van der Waals surface area contributed by atoms with Gasteiger partial charge in [-0.25, -0.2) is 4.98 Å². The molecule has 0 saturated heterocycles. The largest absolute Gasteiger partial charge is 0.381 e. The van der Waals surface area contributed by atoms with Gasteiger partial charge in [0.2, 0.25) is 0 Å². The minimum Gasteiger partial charge on any atom is -0.381 e. The summed E-state index contributed by atoms with van der Waals surface area (Å²) in [5.41, 5.74) is 2.34. The van der Waals surface area contributed by atoms with E-state index in [9.17, 15) is 0 Å². The van der Waals surface area contributed by atoms with Crippen molar-refractivity contribution in [1.82, 2.24) is 4.98 Å². The van der Waals surface area contributed by atoms with E-state index in [2.05, 4.69) is 46.1 Å². The second-order valence-corrected chi connectivity index (χ2v) is 5.60. The van der Waals surface area contributed by atoms with Gasteiger partial charge in [-0.2, -0.15) is 0 Å². The maximum absolute atomic E-state index is 4.32. The zero-order valence-corrected chi connectivity index (χ0v) is 11.5. The molecule has 1 aliphatic rings. The van der Waals surface area contributed by atoms with Crippen LogP contribution in [0, 0.1) is 12.8 Å². The third-order valence-corrected chi connectivity index (χ3v) is 4.31. The van der Waals surface area contributed by atoms with Crippen molar-refractivity contribution in [3.8, 4) is 0 Å². The van der Waals surface area contributed by atoms with E-state index in [0.29, 0.717) is 6.04 Å². The lowest BCUT2D eigenvalue weighted by atomic mass is 9.86. The van der Waals surface area contributed by atoms with Crippen molar-refractivity contribution in [2.24, 2.45) is 5.92 Å². The number of nitrogens with one attached hydrogen (secondary N) is 1. The minimum absolute atomic E-state index is 0.621. The number of hydrogen-bond donors (Lipinski definition) is 1. The summed E-state index contributed by atoms with van der Waals surface area (Å²) < 4.78 is 0.940. The highest BCUT2D eigenvalue weighted by Crippen LogP contribution is 2.27. The first kappa shape index (κ1) is 11.9. The van der Waals surface area contributed by atoms with Gasteiger partial charge in [0.1, 0.15) is 4.60 Å². The molecule has 0 aliphatic heterocycles. The normalized spacial score (nSPS) is 25.4. The number of aromatic nitrogens is 1. The third-order valence-electron chi connectivity index (χ3n) is 3.48. The Balaban J connectivity index is 2.05. The number of halogens is 1. The molecular weight excluding hydrogens is 264 g/mol. The summed E-state index contributed by atoms with van der Waals surface area (Å²) in [6, 6.07) is 2.79. The van der Waals surface area contributed by atoms with Crippen LogP contribution in [-0.4, -0.2) is 11.0 Å². The van der Waals surface area contributed by atoms with Crippen LogP contribution in [0.25, 0.3) is 0 Å². The van der Waals surface area contributed by atoms with E-state index >= 15 is 0 Å². The fourth-order valence-electron chi connectivity index (χ4n) is 2.38. The van der Waals surface area contributed by atoms with Crippen molar-refractivity contribution in [1.29, 1.82) is 0 Å². The van der Waals surface area contributed by atoms with Gasteiger partial charge in [0.05, 0.1) is 11.9 Å². The highest BCUT2D eigenvalue weighted by molar-refractivity contribution is 9.10. The summed E-state index contributed by atoms with van der Waals surface area (Å²) in [6.45, 7) is 4.42. The molecule has 0 amide bonds. The molecule has 2 unspecified atom stereocenters. The first-order valence-electron chi connectivity index (χ1n) is 6.05. The van der Waals surface area contributed by atoms with Crippen molar-refractivity contribution in [3.05, 3.63) is 22.4 Å². The SMILES string of the molecule is Cc1cc(NC2CCCCC2C)cnc1Br. The van der Waals surface area contributed by atoms with E-state index in [0.717, 1.165) is 16.2 Å². The Labute approximate surface area is 106 Å². The molecule has 2 rings (SSSR count). The van der Waals surface area contributed by atoms with Crippen molar-refractivity contribution in [2.45, 2.75) is 45.6 Å². The smallest absolute Gasteiger partial charge is 0.109 e. The van der Waals surface area contributed by atoms with Crippen LogP contribution >= 0.6 is 15.9 Å². The van der Waals surface area contributed by atoms with Crippen molar-refractivity contribution >= 4 is 21.6 Å². The first-order valence-corrected chi connectivity index (χ1v) is 6.85. The molecule has 1 aliphatic carbocycles. The first-order chi connectivity index (χ1) is 7.66. The van der Waals surface area contributed by atoms with Crippen molar-refractivity contribution < 1.29 is 0 Å². The number of nitrogens with zero attached hydrogens (tertiary/aromatic N) is 1. The van der Waals surface area contributed by atoms with Crippen LogP contribution in [0.2, 0.25) is 0 Å². The molecule has 88 valence electrons. The van der Waals surface area contributed by atoms with Crippen LogP contribution in [0.4, 0.5) is 5.69 Å².